The van der Waals surface area contributed by atoms with Crippen LogP contribution >= 0.6 is 0 Å². The van der Waals surface area contributed by atoms with Crippen LogP contribution in [0.25, 0.3) is 10.8 Å². The molecule has 5 heterocycles. The summed E-state index contributed by atoms with van der Waals surface area (Å²) in [6.07, 6.45) is 9.35. The van der Waals surface area contributed by atoms with E-state index in [1.807, 2.05) is 37.9 Å². The third-order valence-electron chi connectivity index (χ3n) is 10.6. The Morgan fingerprint density at radius 2 is 1.87 bits per heavy atom. The van der Waals surface area contributed by atoms with E-state index in [1.54, 1.807) is 12.3 Å². The molecule has 0 saturated carbocycles. The molecule has 0 spiro atoms. The SMILES string of the molecule is C=CC(=O)N1CCC[C@@H]1c1ccc(N2C[C@H](C(C)(C)S(C)(=O)=O)[C@H]2C)c2cnc(Nc3ccnc(N4CCC(C)(O)CC4)n3)cc12. The molecular formula is C34H45N7O4S. The van der Waals surface area contributed by atoms with E-state index in [2.05, 4.69) is 45.7 Å². The molecule has 2 aromatic heterocycles. The highest BCUT2D eigenvalue weighted by Crippen LogP contribution is 2.45. The van der Waals surface area contributed by atoms with Crippen LogP contribution in [-0.2, 0) is 14.6 Å². The summed E-state index contributed by atoms with van der Waals surface area (Å²) >= 11 is 0. The number of amides is 1. The van der Waals surface area contributed by atoms with Gasteiger partial charge in [-0.05, 0) is 88.6 Å². The maximum atomic E-state index is 12.8. The topological polar surface area (TPSA) is 132 Å². The molecule has 246 valence electrons. The molecule has 0 bridgehead atoms. The summed E-state index contributed by atoms with van der Waals surface area (Å²) in [5.74, 6) is 1.73. The van der Waals surface area contributed by atoms with Gasteiger partial charge < -0.3 is 25.1 Å². The van der Waals surface area contributed by atoms with Crippen molar-refractivity contribution in [2.45, 2.75) is 75.8 Å². The monoisotopic (exact) mass is 647 g/mol. The van der Waals surface area contributed by atoms with Crippen LogP contribution in [0.3, 0.4) is 0 Å². The third kappa shape index (κ3) is 5.81. The number of anilines is 4. The number of aliphatic hydroxyl groups is 1. The van der Waals surface area contributed by atoms with Crippen LogP contribution in [0.4, 0.5) is 23.3 Å². The van der Waals surface area contributed by atoms with E-state index in [1.165, 1.54) is 12.3 Å². The van der Waals surface area contributed by atoms with Gasteiger partial charge in [0.25, 0.3) is 0 Å². The lowest BCUT2D eigenvalue weighted by atomic mass is 9.79. The Labute approximate surface area is 271 Å². The first-order valence-corrected chi connectivity index (χ1v) is 18.0. The van der Waals surface area contributed by atoms with Crippen molar-refractivity contribution in [1.29, 1.82) is 0 Å². The number of aromatic nitrogens is 3. The van der Waals surface area contributed by atoms with Crippen LogP contribution in [0.2, 0.25) is 0 Å². The van der Waals surface area contributed by atoms with Crippen molar-refractivity contribution in [2.75, 3.05) is 47.6 Å². The fourth-order valence-electron chi connectivity index (χ4n) is 7.22. The predicted octanol–water partition coefficient (Wildman–Crippen LogP) is 4.62. The van der Waals surface area contributed by atoms with Crippen LogP contribution in [0, 0.1) is 5.92 Å². The number of benzene rings is 1. The van der Waals surface area contributed by atoms with Crippen LogP contribution in [0.5, 0.6) is 0 Å². The minimum absolute atomic E-state index is 0.0137. The Kier molecular flexibility index (Phi) is 8.25. The van der Waals surface area contributed by atoms with Crippen LogP contribution in [0.15, 0.2) is 49.3 Å². The number of nitrogens with zero attached hydrogens (tertiary/aromatic N) is 6. The smallest absolute Gasteiger partial charge is 0.246 e. The van der Waals surface area contributed by atoms with Gasteiger partial charge in [-0.3, -0.25) is 4.79 Å². The number of carbonyl (C=O) groups is 1. The summed E-state index contributed by atoms with van der Waals surface area (Å²) in [4.78, 5) is 33.1. The number of hydrogen-bond acceptors (Lipinski definition) is 10. The van der Waals surface area contributed by atoms with Gasteiger partial charge in [0.2, 0.25) is 11.9 Å². The zero-order valence-corrected chi connectivity index (χ0v) is 28.2. The Bertz CT molecular complexity index is 1770. The predicted molar refractivity (Wildman–Crippen MR) is 182 cm³/mol. The minimum Gasteiger partial charge on any atom is -0.390 e. The number of fused-ring (bicyclic) bond motifs is 1. The summed E-state index contributed by atoms with van der Waals surface area (Å²) in [5.41, 5.74) is 1.37. The summed E-state index contributed by atoms with van der Waals surface area (Å²) in [7, 11) is -3.25. The second kappa shape index (κ2) is 11.8. The van der Waals surface area contributed by atoms with E-state index >= 15 is 0 Å². The molecule has 3 atom stereocenters. The van der Waals surface area contributed by atoms with Gasteiger partial charge in [0.05, 0.1) is 16.4 Å². The Balaban J connectivity index is 1.35. The molecule has 3 aromatic rings. The number of rotatable bonds is 8. The molecule has 2 N–H and O–H groups in total. The largest absolute Gasteiger partial charge is 0.390 e. The van der Waals surface area contributed by atoms with Gasteiger partial charge >= 0.3 is 0 Å². The maximum absolute atomic E-state index is 12.8. The third-order valence-corrected chi connectivity index (χ3v) is 12.8. The van der Waals surface area contributed by atoms with E-state index in [0.29, 0.717) is 56.6 Å². The number of nitrogens with one attached hydrogen (secondary N) is 1. The second-order valence-electron chi connectivity index (χ2n) is 13.9. The molecule has 12 heteroatoms. The molecular weight excluding hydrogens is 602 g/mol. The Morgan fingerprint density at radius 3 is 2.54 bits per heavy atom. The van der Waals surface area contributed by atoms with Crippen molar-refractivity contribution >= 4 is 49.8 Å². The average Bonchev–Trinajstić information content (AvgIpc) is 3.49. The lowest BCUT2D eigenvalue weighted by Crippen LogP contribution is -2.64. The van der Waals surface area contributed by atoms with Gasteiger partial charge in [-0.15, -0.1) is 0 Å². The fourth-order valence-corrected chi connectivity index (χ4v) is 8.04. The molecule has 46 heavy (non-hydrogen) atoms. The molecule has 0 radical (unpaired) electrons. The highest BCUT2D eigenvalue weighted by Gasteiger charge is 2.50. The van der Waals surface area contributed by atoms with Crippen LogP contribution < -0.4 is 15.1 Å². The highest BCUT2D eigenvalue weighted by molar-refractivity contribution is 7.92. The summed E-state index contributed by atoms with van der Waals surface area (Å²) < 4.78 is 24.4. The zero-order chi connectivity index (χ0) is 33.0. The van der Waals surface area contributed by atoms with Crippen molar-refractivity contribution in [1.82, 2.24) is 19.9 Å². The summed E-state index contributed by atoms with van der Waals surface area (Å²) in [6, 6.07) is 7.94. The van der Waals surface area contributed by atoms with Gasteiger partial charge in [-0.2, -0.15) is 4.98 Å². The quantitative estimate of drug-likeness (QED) is 0.334. The van der Waals surface area contributed by atoms with Crippen molar-refractivity contribution in [3.8, 4) is 0 Å². The van der Waals surface area contributed by atoms with Gasteiger partial charge in [0, 0.05) is 67.9 Å². The van der Waals surface area contributed by atoms with Crippen LogP contribution in [0.1, 0.15) is 65.0 Å². The van der Waals surface area contributed by atoms with Crippen molar-refractivity contribution in [2.24, 2.45) is 5.92 Å². The zero-order valence-electron chi connectivity index (χ0n) is 27.4. The highest BCUT2D eigenvalue weighted by atomic mass is 32.2. The first-order valence-electron chi connectivity index (χ1n) is 16.1. The number of sulfone groups is 1. The number of likely N-dealkylation sites (tertiary alicyclic amines) is 1. The summed E-state index contributed by atoms with van der Waals surface area (Å²) in [5, 5.41) is 15.7. The summed E-state index contributed by atoms with van der Waals surface area (Å²) in [6.45, 7) is 14.0. The lowest BCUT2D eigenvalue weighted by molar-refractivity contribution is -0.126. The molecule has 3 aliphatic heterocycles. The van der Waals surface area contributed by atoms with Crippen LogP contribution in [-0.4, -0.2) is 88.1 Å². The molecule has 1 amide bonds. The van der Waals surface area contributed by atoms with E-state index in [9.17, 15) is 18.3 Å². The normalized spacial score (nSPS) is 23.3. The van der Waals surface area contributed by atoms with Gasteiger partial charge in [0.15, 0.2) is 9.84 Å². The molecule has 3 aliphatic rings. The van der Waals surface area contributed by atoms with E-state index < -0.39 is 20.2 Å². The number of piperidine rings is 1. The molecule has 0 aliphatic carbocycles. The van der Waals surface area contributed by atoms with E-state index in [-0.39, 0.29) is 23.9 Å². The average molecular weight is 648 g/mol. The first kappa shape index (κ1) is 32.2. The molecule has 6 rings (SSSR count). The Morgan fingerprint density at radius 1 is 1.13 bits per heavy atom. The van der Waals surface area contributed by atoms with Gasteiger partial charge in [-0.1, -0.05) is 12.6 Å². The van der Waals surface area contributed by atoms with Gasteiger partial charge in [-0.25, -0.2) is 18.4 Å². The minimum atomic E-state index is -3.25. The second-order valence-corrected chi connectivity index (χ2v) is 16.5. The molecule has 3 saturated heterocycles. The van der Waals surface area contributed by atoms with Crippen molar-refractivity contribution < 1.29 is 18.3 Å². The lowest BCUT2D eigenvalue weighted by Gasteiger charge is -2.54. The van der Waals surface area contributed by atoms with Crippen molar-refractivity contribution in [3.05, 3.63) is 54.9 Å². The molecule has 11 nitrogen and oxygen atoms in total. The van der Waals surface area contributed by atoms with E-state index in [4.69, 9.17) is 9.97 Å². The molecule has 1 aromatic carbocycles. The van der Waals surface area contributed by atoms with Gasteiger partial charge in [0.1, 0.15) is 11.6 Å². The molecule has 0 unspecified atom stereocenters. The number of carbonyl (C=O) groups excluding carboxylic acids is 1. The standard InChI is InChI=1S/C34H45N7O4S/c1-7-31(42)40-16-8-9-27(40)23-10-11-28(41-21-26(22(41)2)33(3,4)46(6,44)45)25-20-36-30(19-24(23)25)37-29-12-15-35-32(38-29)39-17-13-34(5,43)14-18-39/h7,10-12,15,19-20,22,26-27,43H,1,8-9,13-14,16-18,21H2,2-6H3,(H,35,36,37,38)/t22-,26+,27-/m1/s1. The van der Waals surface area contributed by atoms with E-state index in [0.717, 1.165) is 34.9 Å². The Hall–Kier alpha value is -3.77. The first-order chi connectivity index (χ1) is 21.7. The number of pyridine rings is 1. The molecule has 3 fully saturated rings. The fraction of sp³-hybridized carbons (Fsp3) is 0.529. The number of hydrogen-bond donors (Lipinski definition) is 2. The maximum Gasteiger partial charge on any atom is 0.246 e. The van der Waals surface area contributed by atoms with Crippen molar-refractivity contribution in [3.63, 3.8) is 0 Å².